The van der Waals surface area contributed by atoms with Gasteiger partial charge in [-0.1, -0.05) is 23.7 Å². The highest BCUT2D eigenvalue weighted by Crippen LogP contribution is 2.41. The summed E-state index contributed by atoms with van der Waals surface area (Å²) in [7, 11) is 1.52. The fraction of sp³-hybridized carbons (Fsp3) is 0.211. The maximum Gasteiger partial charge on any atom is 0.429 e. The van der Waals surface area contributed by atoms with Crippen molar-refractivity contribution in [1.29, 1.82) is 0 Å². The molecule has 142 valence electrons. The Labute approximate surface area is 157 Å². The van der Waals surface area contributed by atoms with Crippen molar-refractivity contribution in [2.75, 3.05) is 7.11 Å². The summed E-state index contributed by atoms with van der Waals surface area (Å²) < 4.78 is 49.7. The molecule has 27 heavy (non-hydrogen) atoms. The Bertz CT molecular complexity index is 910. The molecule has 0 bridgehead atoms. The molecule has 0 saturated heterocycles. The van der Waals surface area contributed by atoms with Crippen molar-refractivity contribution in [1.82, 2.24) is 0 Å². The molecule has 1 aromatic carbocycles. The quantitative estimate of drug-likeness (QED) is 0.792. The standard InChI is InChI=1S/C19H14ClF3O4/c1-26-13-4-2-3-10(6-13)5-11-9-16-12(8-15(11)20)7-14(18(24)25)17(27-16)19(21,22)23/h2-8,17H,9H2,1H3,(H,24,25). The molecule has 1 aliphatic heterocycles. The van der Waals surface area contributed by atoms with Gasteiger partial charge in [0.15, 0.2) is 0 Å². The van der Waals surface area contributed by atoms with E-state index in [9.17, 15) is 18.0 Å². The number of allylic oxidation sites excluding steroid dienone is 5. The molecule has 3 rings (SSSR count). The van der Waals surface area contributed by atoms with Gasteiger partial charge in [0.1, 0.15) is 11.5 Å². The molecule has 2 aliphatic rings. The maximum absolute atomic E-state index is 13.2. The van der Waals surface area contributed by atoms with E-state index in [1.165, 1.54) is 13.2 Å². The van der Waals surface area contributed by atoms with Crippen LogP contribution >= 0.6 is 11.6 Å². The first-order valence-electron chi connectivity index (χ1n) is 7.82. The summed E-state index contributed by atoms with van der Waals surface area (Å²) in [4.78, 5) is 11.2. The van der Waals surface area contributed by atoms with Crippen LogP contribution in [0.2, 0.25) is 0 Å². The highest BCUT2D eigenvalue weighted by molar-refractivity contribution is 6.32. The van der Waals surface area contributed by atoms with E-state index in [0.29, 0.717) is 16.4 Å². The summed E-state index contributed by atoms with van der Waals surface area (Å²) in [6.45, 7) is 0. The molecule has 0 aromatic heterocycles. The number of ether oxygens (including phenoxy) is 2. The minimum atomic E-state index is -4.84. The number of aliphatic carboxylic acids is 1. The summed E-state index contributed by atoms with van der Waals surface area (Å²) >= 11 is 6.25. The van der Waals surface area contributed by atoms with Gasteiger partial charge in [0.25, 0.3) is 0 Å². The molecule has 0 fully saturated rings. The number of halogens is 4. The van der Waals surface area contributed by atoms with Crippen LogP contribution in [-0.4, -0.2) is 30.5 Å². The highest BCUT2D eigenvalue weighted by Gasteiger charge is 2.49. The van der Waals surface area contributed by atoms with Gasteiger partial charge < -0.3 is 14.6 Å². The van der Waals surface area contributed by atoms with Crippen molar-refractivity contribution in [2.24, 2.45) is 0 Å². The van der Waals surface area contributed by atoms with Gasteiger partial charge in [0.2, 0.25) is 6.10 Å². The first-order valence-corrected chi connectivity index (χ1v) is 8.20. The fourth-order valence-corrected chi connectivity index (χ4v) is 3.06. The summed E-state index contributed by atoms with van der Waals surface area (Å²) in [5.41, 5.74) is 0.657. The third kappa shape index (κ3) is 4.03. The van der Waals surface area contributed by atoms with Crippen LogP contribution in [0.25, 0.3) is 6.08 Å². The molecule has 1 N–H and O–H groups in total. The van der Waals surface area contributed by atoms with Gasteiger partial charge in [-0.25, -0.2) is 4.79 Å². The van der Waals surface area contributed by atoms with Crippen LogP contribution in [0.4, 0.5) is 13.2 Å². The molecule has 0 saturated carbocycles. The Balaban J connectivity index is 1.96. The van der Waals surface area contributed by atoms with Crippen LogP contribution in [0, 0.1) is 0 Å². The minimum absolute atomic E-state index is 0.0118. The molecule has 1 aromatic rings. The van der Waals surface area contributed by atoms with Crippen LogP contribution in [0.15, 0.2) is 63.9 Å². The third-order valence-corrected chi connectivity index (χ3v) is 4.45. The number of methoxy groups -OCH3 is 1. The number of alkyl halides is 3. The molecule has 0 radical (unpaired) electrons. The lowest BCUT2D eigenvalue weighted by Crippen LogP contribution is -2.38. The minimum Gasteiger partial charge on any atom is -0.497 e. The topological polar surface area (TPSA) is 55.8 Å². The summed E-state index contributed by atoms with van der Waals surface area (Å²) in [5.74, 6) is -1.03. The number of carboxylic acid groups (broad SMARTS) is 1. The summed E-state index contributed by atoms with van der Waals surface area (Å²) in [5, 5.41) is 9.37. The number of benzene rings is 1. The SMILES string of the molecule is COc1cccc(C=C2CC3=C(C=C2Cl)C=C(C(=O)O)C(C(F)(F)F)O3)c1. The molecule has 0 spiro atoms. The zero-order chi connectivity index (χ0) is 19.8. The number of hydrogen-bond donors (Lipinski definition) is 1. The molecular formula is C19H14ClF3O4. The van der Waals surface area contributed by atoms with Gasteiger partial charge in [0.05, 0.1) is 12.7 Å². The zero-order valence-electron chi connectivity index (χ0n) is 14.0. The van der Waals surface area contributed by atoms with Gasteiger partial charge >= 0.3 is 12.1 Å². The molecule has 1 heterocycles. The molecule has 4 nitrogen and oxygen atoms in total. The number of carboxylic acids is 1. The number of rotatable bonds is 3. The van der Waals surface area contributed by atoms with Crippen molar-refractivity contribution in [3.05, 3.63) is 69.5 Å². The van der Waals surface area contributed by atoms with Crippen molar-refractivity contribution >= 4 is 23.6 Å². The van der Waals surface area contributed by atoms with Crippen LogP contribution in [-0.2, 0) is 9.53 Å². The Morgan fingerprint density at radius 1 is 1.37 bits per heavy atom. The predicted molar refractivity (Wildman–Crippen MR) is 93.2 cm³/mol. The lowest BCUT2D eigenvalue weighted by Gasteiger charge is -2.30. The van der Waals surface area contributed by atoms with E-state index >= 15 is 0 Å². The van der Waals surface area contributed by atoms with E-state index in [0.717, 1.165) is 11.6 Å². The van der Waals surface area contributed by atoms with E-state index in [2.05, 4.69) is 0 Å². The van der Waals surface area contributed by atoms with Crippen LogP contribution in [0.5, 0.6) is 5.75 Å². The summed E-state index contributed by atoms with van der Waals surface area (Å²) in [6, 6.07) is 7.09. The van der Waals surface area contributed by atoms with Crippen LogP contribution in [0.3, 0.4) is 0 Å². The Morgan fingerprint density at radius 3 is 2.74 bits per heavy atom. The molecule has 8 heteroatoms. The van der Waals surface area contributed by atoms with Gasteiger partial charge in [-0.15, -0.1) is 0 Å². The van der Waals surface area contributed by atoms with E-state index in [1.807, 2.05) is 0 Å². The zero-order valence-corrected chi connectivity index (χ0v) is 14.8. The molecule has 1 aliphatic carbocycles. The number of carbonyl (C=O) groups is 1. The number of hydrogen-bond acceptors (Lipinski definition) is 3. The van der Waals surface area contributed by atoms with Crippen molar-refractivity contribution < 1.29 is 32.5 Å². The molecule has 0 amide bonds. The lowest BCUT2D eigenvalue weighted by molar-refractivity contribution is -0.201. The van der Waals surface area contributed by atoms with Crippen molar-refractivity contribution in [3.63, 3.8) is 0 Å². The normalized spacial score (nSPS) is 21.2. The first kappa shape index (κ1) is 19.1. The Morgan fingerprint density at radius 2 is 2.11 bits per heavy atom. The monoisotopic (exact) mass is 398 g/mol. The van der Waals surface area contributed by atoms with E-state index < -0.39 is 23.8 Å². The summed E-state index contributed by atoms with van der Waals surface area (Å²) in [6.07, 6.45) is -3.26. The van der Waals surface area contributed by atoms with Gasteiger partial charge in [-0.05, 0) is 41.5 Å². The Hall–Kier alpha value is -2.67. The maximum atomic E-state index is 13.2. The average Bonchev–Trinajstić information content (AvgIpc) is 2.60. The van der Waals surface area contributed by atoms with Crippen molar-refractivity contribution in [3.8, 4) is 5.75 Å². The van der Waals surface area contributed by atoms with Gasteiger partial charge in [0, 0.05) is 17.0 Å². The van der Waals surface area contributed by atoms with Crippen molar-refractivity contribution in [2.45, 2.75) is 18.7 Å². The molecule has 1 atom stereocenters. The second-order valence-electron chi connectivity index (χ2n) is 5.94. The molecule has 1 unspecified atom stereocenters. The second kappa shape index (κ2) is 7.15. The second-order valence-corrected chi connectivity index (χ2v) is 6.35. The van der Waals surface area contributed by atoms with E-state index in [-0.39, 0.29) is 17.8 Å². The van der Waals surface area contributed by atoms with E-state index in [1.54, 1.807) is 30.3 Å². The average molecular weight is 399 g/mol. The smallest absolute Gasteiger partial charge is 0.429 e. The van der Waals surface area contributed by atoms with Gasteiger partial charge in [-0.3, -0.25) is 0 Å². The highest BCUT2D eigenvalue weighted by atomic mass is 35.5. The van der Waals surface area contributed by atoms with E-state index in [4.69, 9.17) is 26.2 Å². The predicted octanol–water partition coefficient (Wildman–Crippen LogP) is 4.83. The van der Waals surface area contributed by atoms with Gasteiger partial charge in [-0.2, -0.15) is 13.2 Å². The third-order valence-electron chi connectivity index (χ3n) is 4.09. The largest absolute Gasteiger partial charge is 0.497 e. The fourth-order valence-electron chi connectivity index (χ4n) is 2.82. The Kier molecular flexibility index (Phi) is 5.06. The van der Waals surface area contributed by atoms with Crippen LogP contribution in [0.1, 0.15) is 12.0 Å². The van der Waals surface area contributed by atoms with Crippen LogP contribution < -0.4 is 4.74 Å². The molecular weight excluding hydrogens is 385 g/mol. The lowest BCUT2D eigenvalue weighted by atomic mass is 9.93. The first-order chi connectivity index (χ1) is 12.7.